The third-order valence-corrected chi connectivity index (χ3v) is 3.57. The summed E-state index contributed by atoms with van der Waals surface area (Å²) in [6, 6.07) is 4.41. The Hall–Kier alpha value is -1.99. The minimum atomic E-state index is -0.450. The number of nitrogens with one attached hydrogen (secondary N) is 1. The van der Waals surface area contributed by atoms with Crippen molar-refractivity contribution >= 4 is 17.3 Å². The summed E-state index contributed by atoms with van der Waals surface area (Å²) in [5.74, 6) is -0.130. The topological polar surface area (TPSA) is 84.7 Å². The van der Waals surface area contributed by atoms with Crippen molar-refractivity contribution in [1.82, 2.24) is 4.90 Å². The zero-order valence-corrected chi connectivity index (χ0v) is 13.1. The first-order valence-electron chi connectivity index (χ1n) is 7.18. The summed E-state index contributed by atoms with van der Waals surface area (Å²) in [6.07, 6.45) is 0. The van der Waals surface area contributed by atoms with Gasteiger partial charge in [0.05, 0.1) is 23.7 Å². The number of nitro groups is 1. The largest absolute Gasteiger partial charge is 0.373 e. The third-order valence-electron chi connectivity index (χ3n) is 3.57. The van der Waals surface area contributed by atoms with E-state index in [0.29, 0.717) is 24.4 Å². The Morgan fingerprint density at radius 3 is 2.82 bits per heavy atom. The molecule has 1 aromatic rings. The van der Waals surface area contributed by atoms with Gasteiger partial charge in [0.2, 0.25) is 5.91 Å². The molecule has 0 atom stereocenters. The molecule has 1 heterocycles. The van der Waals surface area contributed by atoms with Crippen LogP contribution in [-0.4, -0.2) is 47.6 Å². The number of benzene rings is 1. The van der Waals surface area contributed by atoms with Gasteiger partial charge in [-0.3, -0.25) is 19.8 Å². The van der Waals surface area contributed by atoms with Crippen LogP contribution in [0.15, 0.2) is 18.2 Å². The van der Waals surface area contributed by atoms with Crippen LogP contribution in [-0.2, 0) is 9.53 Å². The molecule has 7 heteroatoms. The normalized spacial score (nSPS) is 18.0. The van der Waals surface area contributed by atoms with Gasteiger partial charge >= 0.3 is 0 Å². The maximum atomic E-state index is 12.1. The fraction of sp³-hybridized carbons (Fsp3) is 0.533. The van der Waals surface area contributed by atoms with E-state index in [-0.39, 0.29) is 23.7 Å². The lowest BCUT2D eigenvalue weighted by Crippen LogP contribution is -2.50. The second-order valence-corrected chi connectivity index (χ2v) is 6.12. The SMILES string of the molecule is Cc1cc([N+](=O)[O-])ccc1NC(=O)CN1CCOC(C)(C)C1. The average molecular weight is 307 g/mol. The molecule has 7 nitrogen and oxygen atoms in total. The van der Waals surface area contributed by atoms with Gasteiger partial charge in [0.25, 0.3) is 5.69 Å². The number of nitrogens with zero attached hydrogens (tertiary/aromatic N) is 2. The number of hydrogen-bond donors (Lipinski definition) is 1. The second kappa shape index (κ2) is 6.41. The summed E-state index contributed by atoms with van der Waals surface area (Å²) in [7, 11) is 0. The maximum Gasteiger partial charge on any atom is 0.269 e. The predicted molar refractivity (Wildman–Crippen MR) is 82.9 cm³/mol. The zero-order valence-electron chi connectivity index (χ0n) is 13.1. The van der Waals surface area contributed by atoms with Crippen LogP contribution in [0.1, 0.15) is 19.4 Å². The summed E-state index contributed by atoms with van der Waals surface area (Å²) in [6.45, 7) is 8.03. The molecule has 0 spiro atoms. The molecular weight excluding hydrogens is 286 g/mol. The number of anilines is 1. The molecule has 22 heavy (non-hydrogen) atoms. The van der Waals surface area contributed by atoms with Crippen LogP contribution in [0.5, 0.6) is 0 Å². The lowest BCUT2D eigenvalue weighted by atomic mass is 10.1. The number of rotatable bonds is 4. The van der Waals surface area contributed by atoms with Gasteiger partial charge in [0.15, 0.2) is 0 Å². The van der Waals surface area contributed by atoms with Crippen LogP contribution < -0.4 is 5.32 Å². The minimum Gasteiger partial charge on any atom is -0.373 e. The minimum absolute atomic E-state index is 0.0189. The van der Waals surface area contributed by atoms with E-state index in [1.54, 1.807) is 13.0 Å². The Morgan fingerprint density at radius 2 is 2.23 bits per heavy atom. The van der Waals surface area contributed by atoms with Crippen molar-refractivity contribution in [1.29, 1.82) is 0 Å². The molecule has 1 saturated heterocycles. The zero-order chi connectivity index (χ0) is 16.3. The lowest BCUT2D eigenvalue weighted by Gasteiger charge is -2.37. The van der Waals surface area contributed by atoms with Gasteiger partial charge in [0, 0.05) is 30.9 Å². The average Bonchev–Trinajstić information content (AvgIpc) is 2.39. The Balaban J connectivity index is 1.96. The molecule has 1 fully saturated rings. The molecule has 0 aromatic heterocycles. The van der Waals surface area contributed by atoms with Crippen LogP contribution in [0.4, 0.5) is 11.4 Å². The number of ether oxygens (including phenoxy) is 1. The highest BCUT2D eigenvalue weighted by Crippen LogP contribution is 2.21. The van der Waals surface area contributed by atoms with Crippen molar-refractivity contribution in [3.8, 4) is 0 Å². The number of aryl methyl sites for hydroxylation is 1. The van der Waals surface area contributed by atoms with E-state index in [9.17, 15) is 14.9 Å². The van der Waals surface area contributed by atoms with Crippen molar-refractivity contribution in [2.45, 2.75) is 26.4 Å². The Kier molecular flexibility index (Phi) is 4.77. The molecule has 0 radical (unpaired) electrons. The first-order valence-corrected chi connectivity index (χ1v) is 7.18. The molecule has 0 bridgehead atoms. The highest BCUT2D eigenvalue weighted by atomic mass is 16.6. The summed E-state index contributed by atoms with van der Waals surface area (Å²) in [5.41, 5.74) is 1.04. The van der Waals surface area contributed by atoms with Gasteiger partial charge in [-0.2, -0.15) is 0 Å². The summed E-state index contributed by atoms with van der Waals surface area (Å²) < 4.78 is 5.61. The van der Waals surface area contributed by atoms with E-state index in [1.807, 2.05) is 18.7 Å². The molecule has 0 saturated carbocycles. The fourth-order valence-corrected chi connectivity index (χ4v) is 2.54. The molecule has 1 amide bonds. The molecule has 1 aromatic carbocycles. The van der Waals surface area contributed by atoms with Crippen molar-refractivity contribution in [2.24, 2.45) is 0 Å². The van der Waals surface area contributed by atoms with Crippen LogP contribution in [0, 0.1) is 17.0 Å². The molecule has 1 aliphatic heterocycles. The molecular formula is C15H21N3O4. The highest BCUT2D eigenvalue weighted by molar-refractivity contribution is 5.93. The Morgan fingerprint density at radius 1 is 1.50 bits per heavy atom. The number of nitro benzene ring substituents is 1. The van der Waals surface area contributed by atoms with E-state index in [0.717, 1.165) is 6.54 Å². The van der Waals surface area contributed by atoms with Crippen LogP contribution in [0.3, 0.4) is 0 Å². The molecule has 120 valence electrons. The van der Waals surface area contributed by atoms with Gasteiger partial charge < -0.3 is 10.1 Å². The first-order chi connectivity index (χ1) is 10.3. The van der Waals surface area contributed by atoms with Crippen LogP contribution >= 0.6 is 0 Å². The number of hydrogen-bond acceptors (Lipinski definition) is 5. The van der Waals surface area contributed by atoms with E-state index in [1.165, 1.54) is 12.1 Å². The summed E-state index contributed by atoms with van der Waals surface area (Å²) in [5, 5.41) is 13.5. The predicted octanol–water partition coefficient (Wildman–Crippen LogP) is 1.95. The van der Waals surface area contributed by atoms with E-state index in [4.69, 9.17) is 4.74 Å². The van der Waals surface area contributed by atoms with Crippen LogP contribution in [0.2, 0.25) is 0 Å². The second-order valence-electron chi connectivity index (χ2n) is 6.12. The van der Waals surface area contributed by atoms with Crippen molar-refractivity contribution in [3.05, 3.63) is 33.9 Å². The molecule has 1 N–H and O–H groups in total. The number of carbonyl (C=O) groups is 1. The fourth-order valence-electron chi connectivity index (χ4n) is 2.54. The molecule has 0 unspecified atom stereocenters. The monoisotopic (exact) mass is 307 g/mol. The third kappa shape index (κ3) is 4.25. The van der Waals surface area contributed by atoms with E-state index < -0.39 is 4.92 Å². The number of non-ortho nitro benzene ring substituents is 1. The first kappa shape index (κ1) is 16.4. The van der Waals surface area contributed by atoms with Crippen molar-refractivity contribution in [2.75, 3.05) is 31.6 Å². The standard InChI is InChI=1S/C15H21N3O4/c1-11-8-12(18(20)21)4-5-13(11)16-14(19)9-17-6-7-22-15(2,3)10-17/h4-5,8H,6-7,9-10H2,1-3H3,(H,16,19). The molecule has 1 aliphatic rings. The van der Waals surface area contributed by atoms with Crippen molar-refractivity contribution < 1.29 is 14.5 Å². The molecule has 2 rings (SSSR count). The summed E-state index contributed by atoms with van der Waals surface area (Å²) in [4.78, 5) is 24.4. The molecule has 0 aliphatic carbocycles. The van der Waals surface area contributed by atoms with Gasteiger partial charge in [-0.25, -0.2) is 0 Å². The van der Waals surface area contributed by atoms with E-state index >= 15 is 0 Å². The maximum absolute atomic E-state index is 12.1. The number of morpholine rings is 1. The van der Waals surface area contributed by atoms with E-state index in [2.05, 4.69) is 5.32 Å². The Bertz CT molecular complexity index is 586. The summed E-state index contributed by atoms with van der Waals surface area (Å²) >= 11 is 0. The quantitative estimate of drug-likeness (QED) is 0.679. The number of amides is 1. The van der Waals surface area contributed by atoms with Crippen LogP contribution in [0.25, 0.3) is 0 Å². The van der Waals surface area contributed by atoms with Gasteiger partial charge in [-0.15, -0.1) is 0 Å². The number of carbonyl (C=O) groups excluding carboxylic acids is 1. The van der Waals surface area contributed by atoms with Gasteiger partial charge in [-0.05, 0) is 32.4 Å². The van der Waals surface area contributed by atoms with Gasteiger partial charge in [0.1, 0.15) is 0 Å². The smallest absolute Gasteiger partial charge is 0.269 e. The highest BCUT2D eigenvalue weighted by Gasteiger charge is 2.28. The van der Waals surface area contributed by atoms with Gasteiger partial charge in [-0.1, -0.05) is 0 Å². The Labute approximate surface area is 129 Å². The lowest BCUT2D eigenvalue weighted by molar-refractivity contribution is -0.384. The van der Waals surface area contributed by atoms with Crippen molar-refractivity contribution in [3.63, 3.8) is 0 Å².